The maximum absolute atomic E-state index is 6.13. The average molecular weight is 304 g/mol. The lowest BCUT2D eigenvalue weighted by Gasteiger charge is -2.12. The van der Waals surface area contributed by atoms with E-state index in [1.165, 1.54) is 0 Å². The minimum atomic E-state index is 0.437. The average Bonchev–Trinajstić information content (AvgIpc) is 3.30. The normalized spacial score (nSPS) is 14.2. The fourth-order valence-electron chi connectivity index (χ4n) is 2.15. The van der Waals surface area contributed by atoms with Crippen molar-refractivity contribution >= 4 is 17.4 Å². The molecule has 0 atom stereocenters. The Labute approximate surface area is 129 Å². The van der Waals surface area contributed by atoms with Crippen LogP contribution in [0.5, 0.6) is 11.6 Å². The summed E-state index contributed by atoms with van der Waals surface area (Å²) in [4.78, 5) is 8.87. The van der Waals surface area contributed by atoms with Crippen molar-refractivity contribution in [3.63, 3.8) is 0 Å². The number of nitrogens with zero attached hydrogens (tertiary/aromatic N) is 2. The van der Waals surface area contributed by atoms with Crippen molar-refractivity contribution in [2.75, 3.05) is 5.73 Å². The second-order valence-electron chi connectivity index (χ2n) is 5.38. The second-order valence-corrected chi connectivity index (χ2v) is 5.79. The number of aromatic nitrogens is 2. The van der Waals surface area contributed by atoms with Crippen molar-refractivity contribution in [2.24, 2.45) is 0 Å². The summed E-state index contributed by atoms with van der Waals surface area (Å²) in [5.74, 6) is 2.98. The molecule has 1 aromatic carbocycles. The number of nitrogens with two attached hydrogens (primary N) is 1. The molecule has 2 N–H and O–H groups in total. The van der Waals surface area contributed by atoms with E-state index in [1.54, 1.807) is 0 Å². The third-order valence-electron chi connectivity index (χ3n) is 3.71. The topological polar surface area (TPSA) is 61.0 Å². The van der Waals surface area contributed by atoms with Crippen LogP contribution >= 0.6 is 11.6 Å². The first kappa shape index (κ1) is 14.1. The summed E-state index contributed by atoms with van der Waals surface area (Å²) in [6, 6.07) is 5.63. The van der Waals surface area contributed by atoms with Crippen LogP contribution in [0.2, 0.25) is 5.02 Å². The molecule has 0 radical (unpaired) electrons. The molecule has 3 rings (SSSR count). The van der Waals surface area contributed by atoms with Crippen molar-refractivity contribution < 1.29 is 4.74 Å². The van der Waals surface area contributed by atoms with Crippen molar-refractivity contribution in [3.8, 4) is 11.6 Å². The predicted molar refractivity (Wildman–Crippen MR) is 84.1 cm³/mol. The summed E-state index contributed by atoms with van der Waals surface area (Å²) < 4.78 is 5.92. The fourth-order valence-corrected chi connectivity index (χ4v) is 2.40. The standard InChI is InChI=1S/C16H18ClN3O/c1-3-10-8-12(6-7-13(10)17)21-16-9(2)14(18)19-15(20-16)11-4-5-11/h6-8,11H,3-5H2,1-2H3,(H2,18,19,20). The minimum absolute atomic E-state index is 0.437. The van der Waals surface area contributed by atoms with Crippen molar-refractivity contribution in [1.29, 1.82) is 0 Å². The van der Waals surface area contributed by atoms with Gasteiger partial charge in [-0.3, -0.25) is 0 Å². The van der Waals surface area contributed by atoms with E-state index < -0.39 is 0 Å². The number of aryl methyl sites for hydroxylation is 1. The van der Waals surface area contributed by atoms with Gasteiger partial charge in [0.2, 0.25) is 5.88 Å². The molecule has 0 aliphatic heterocycles. The van der Waals surface area contributed by atoms with Crippen LogP contribution in [0.3, 0.4) is 0 Å². The zero-order valence-corrected chi connectivity index (χ0v) is 12.9. The van der Waals surface area contributed by atoms with Gasteiger partial charge in [0.15, 0.2) is 0 Å². The van der Waals surface area contributed by atoms with E-state index in [0.717, 1.165) is 47.0 Å². The Hall–Kier alpha value is -1.81. The van der Waals surface area contributed by atoms with Crippen LogP contribution in [0.15, 0.2) is 18.2 Å². The quantitative estimate of drug-likeness (QED) is 0.917. The van der Waals surface area contributed by atoms with E-state index >= 15 is 0 Å². The Kier molecular flexibility index (Phi) is 3.72. The van der Waals surface area contributed by atoms with E-state index in [2.05, 4.69) is 16.9 Å². The molecule has 4 nitrogen and oxygen atoms in total. The van der Waals surface area contributed by atoms with Crippen LogP contribution in [0.1, 0.15) is 42.6 Å². The third-order valence-corrected chi connectivity index (χ3v) is 4.08. The van der Waals surface area contributed by atoms with Crippen LogP contribution in [0, 0.1) is 6.92 Å². The predicted octanol–water partition coefficient (Wildman–Crippen LogP) is 4.25. The van der Waals surface area contributed by atoms with Gasteiger partial charge in [0, 0.05) is 10.9 Å². The maximum Gasteiger partial charge on any atom is 0.227 e. The van der Waals surface area contributed by atoms with Crippen LogP contribution in [-0.2, 0) is 6.42 Å². The second kappa shape index (κ2) is 5.53. The highest BCUT2D eigenvalue weighted by atomic mass is 35.5. The summed E-state index contributed by atoms with van der Waals surface area (Å²) in [6.07, 6.45) is 3.11. The first-order valence-corrected chi connectivity index (χ1v) is 7.56. The Morgan fingerprint density at radius 2 is 2.10 bits per heavy atom. The number of hydrogen-bond donors (Lipinski definition) is 1. The van der Waals surface area contributed by atoms with Crippen LogP contribution < -0.4 is 10.5 Å². The molecule has 2 aromatic rings. The van der Waals surface area contributed by atoms with Gasteiger partial charge < -0.3 is 10.5 Å². The van der Waals surface area contributed by atoms with Gasteiger partial charge in [-0.05, 0) is 49.9 Å². The zero-order chi connectivity index (χ0) is 15.0. The maximum atomic E-state index is 6.13. The number of hydrogen-bond acceptors (Lipinski definition) is 4. The van der Waals surface area contributed by atoms with Crippen LogP contribution in [0.4, 0.5) is 5.82 Å². The molecule has 21 heavy (non-hydrogen) atoms. The molecule has 0 unspecified atom stereocenters. The molecule has 0 bridgehead atoms. The van der Waals surface area contributed by atoms with Gasteiger partial charge in [-0.25, -0.2) is 4.98 Å². The van der Waals surface area contributed by atoms with Gasteiger partial charge in [0.05, 0.1) is 5.56 Å². The lowest BCUT2D eigenvalue weighted by atomic mass is 10.1. The van der Waals surface area contributed by atoms with Gasteiger partial charge >= 0.3 is 0 Å². The number of ether oxygens (including phenoxy) is 1. The van der Waals surface area contributed by atoms with Crippen molar-refractivity contribution in [2.45, 2.75) is 39.0 Å². The third kappa shape index (κ3) is 2.95. The van der Waals surface area contributed by atoms with Crippen molar-refractivity contribution in [1.82, 2.24) is 9.97 Å². The number of anilines is 1. The largest absolute Gasteiger partial charge is 0.439 e. The zero-order valence-electron chi connectivity index (χ0n) is 12.2. The van der Waals surface area contributed by atoms with Gasteiger partial charge in [-0.2, -0.15) is 4.98 Å². The number of halogens is 1. The van der Waals surface area contributed by atoms with Gasteiger partial charge in [-0.1, -0.05) is 18.5 Å². The molecular weight excluding hydrogens is 286 g/mol. The molecule has 1 aromatic heterocycles. The van der Waals surface area contributed by atoms with E-state index in [-0.39, 0.29) is 0 Å². The summed E-state index contributed by atoms with van der Waals surface area (Å²) in [5.41, 5.74) is 7.79. The van der Waals surface area contributed by atoms with Gasteiger partial charge in [-0.15, -0.1) is 0 Å². The van der Waals surface area contributed by atoms with E-state index in [4.69, 9.17) is 22.1 Å². The Balaban J connectivity index is 1.93. The molecule has 0 saturated heterocycles. The van der Waals surface area contributed by atoms with Crippen molar-refractivity contribution in [3.05, 3.63) is 40.2 Å². The smallest absolute Gasteiger partial charge is 0.227 e. The van der Waals surface area contributed by atoms with Crippen LogP contribution in [-0.4, -0.2) is 9.97 Å². The first-order chi connectivity index (χ1) is 10.1. The SMILES string of the molecule is CCc1cc(Oc2nc(C3CC3)nc(N)c2C)ccc1Cl. The highest BCUT2D eigenvalue weighted by Gasteiger charge is 2.28. The first-order valence-electron chi connectivity index (χ1n) is 7.18. The molecule has 1 fully saturated rings. The Morgan fingerprint density at radius 3 is 2.76 bits per heavy atom. The molecule has 1 heterocycles. The molecule has 0 spiro atoms. The molecule has 0 amide bonds. The lowest BCUT2D eigenvalue weighted by Crippen LogP contribution is -2.04. The highest BCUT2D eigenvalue weighted by Crippen LogP contribution is 2.40. The monoisotopic (exact) mass is 303 g/mol. The van der Waals surface area contributed by atoms with Crippen LogP contribution in [0.25, 0.3) is 0 Å². The number of benzene rings is 1. The van der Waals surface area contributed by atoms with Gasteiger partial charge in [0.1, 0.15) is 17.4 Å². The Morgan fingerprint density at radius 1 is 1.33 bits per heavy atom. The van der Waals surface area contributed by atoms with Gasteiger partial charge in [0.25, 0.3) is 0 Å². The molecule has 1 aliphatic carbocycles. The van der Waals surface area contributed by atoms with E-state index in [0.29, 0.717) is 17.6 Å². The molecule has 1 saturated carbocycles. The lowest BCUT2D eigenvalue weighted by molar-refractivity contribution is 0.454. The Bertz CT molecular complexity index is 683. The number of nitrogen functional groups attached to an aromatic ring is 1. The number of rotatable bonds is 4. The molecular formula is C16H18ClN3O. The highest BCUT2D eigenvalue weighted by molar-refractivity contribution is 6.31. The summed E-state index contributed by atoms with van der Waals surface area (Å²) in [6.45, 7) is 3.93. The summed E-state index contributed by atoms with van der Waals surface area (Å²) >= 11 is 6.13. The fraction of sp³-hybridized carbons (Fsp3) is 0.375. The summed E-state index contributed by atoms with van der Waals surface area (Å²) in [7, 11) is 0. The van der Waals surface area contributed by atoms with E-state index in [1.807, 2.05) is 25.1 Å². The van der Waals surface area contributed by atoms with E-state index in [9.17, 15) is 0 Å². The molecule has 110 valence electrons. The summed E-state index contributed by atoms with van der Waals surface area (Å²) in [5, 5.41) is 0.752. The molecule has 1 aliphatic rings. The molecule has 5 heteroatoms. The minimum Gasteiger partial charge on any atom is -0.439 e.